The third-order valence-electron chi connectivity index (χ3n) is 5.04. The zero-order valence-electron chi connectivity index (χ0n) is 18.3. The van der Waals surface area contributed by atoms with Gasteiger partial charge in [0, 0.05) is 25.0 Å². The molecule has 0 saturated carbocycles. The van der Waals surface area contributed by atoms with Crippen LogP contribution in [0.15, 0.2) is 76.7 Å². The third-order valence-corrected chi connectivity index (χ3v) is 6.05. The number of amides is 1. The average Bonchev–Trinajstić information content (AvgIpc) is 2.83. The van der Waals surface area contributed by atoms with Gasteiger partial charge in [0.05, 0.1) is 23.2 Å². The van der Waals surface area contributed by atoms with E-state index in [4.69, 9.17) is 4.74 Å². The summed E-state index contributed by atoms with van der Waals surface area (Å²) >= 11 is 1.26. The van der Waals surface area contributed by atoms with Gasteiger partial charge in [-0.15, -0.1) is 0 Å². The summed E-state index contributed by atoms with van der Waals surface area (Å²) in [7, 11) is 1.54. The first-order chi connectivity index (χ1) is 16.5. The van der Waals surface area contributed by atoms with Crippen molar-refractivity contribution in [3.63, 3.8) is 0 Å². The molecule has 3 aromatic carbocycles. The van der Waals surface area contributed by atoms with Gasteiger partial charge >= 0.3 is 0 Å². The molecule has 6 nitrogen and oxygen atoms in total. The van der Waals surface area contributed by atoms with Gasteiger partial charge in [0.1, 0.15) is 11.6 Å². The van der Waals surface area contributed by atoms with E-state index in [1.54, 1.807) is 43.5 Å². The van der Waals surface area contributed by atoms with Gasteiger partial charge in [0.2, 0.25) is 0 Å². The Balaban J connectivity index is 1.77. The average molecular weight is 482 g/mol. The largest absolute Gasteiger partial charge is 0.383 e. The topological polar surface area (TPSA) is 73.2 Å². The lowest BCUT2D eigenvalue weighted by molar-refractivity contribution is 0.0937. The number of nitrogens with zero attached hydrogens (tertiary/aromatic N) is 2. The lowest BCUT2D eigenvalue weighted by Gasteiger charge is -2.14. The molecule has 0 bridgehead atoms. The summed E-state index contributed by atoms with van der Waals surface area (Å²) in [5.41, 5.74) is 1.48. The van der Waals surface area contributed by atoms with Gasteiger partial charge in [-0.05, 0) is 54.1 Å². The quantitative estimate of drug-likeness (QED) is 0.230. The monoisotopic (exact) mass is 481 g/mol. The number of halogens is 2. The van der Waals surface area contributed by atoms with E-state index in [-0.39, 0.29) is 17.3 Å². The molecule has 1 aromatic heterocycles. The maximum absolute atomic E-state index is 14.0. The summed E-state index contributed by atoms with van der Waals surface area (Å²) in [5.74, 6) is -0.728. The van der Waals surface area contributed by atoms with Crippen molar-refractivity contribution >= 4 is 28.6 Å². The fourth-order valence-electron chi connectivity index (χ4n) is 3.34. The highest BCUT2D eigenvalue weighted by Gasteiger charge is 2.16. The minimum absolute atomic E-state index is 0.295. The van der Waals surface area contributed by atoms with Gasteiger partial charge in [0.25, 0.3) is 11.5 Å². The van der Waals surface area contributed by atoms with Crippen molar-refractivity contribution in [1.82, 2.24) is 14.9 Å². The second-order valence-corrected chi connectivity index (χ2v) is 8.35. The maximum Gasteiger partial charge on any atom is 0.266 e. The summed E-state index contributed by atoms with van der Waals surface area (Å²) in [6, 6.07) is 16.4. The van der Waals surface area contributed by atoms with Crippen molar-refractivity contribution in [1.29, 1.82) is 0 Å². The van der Waals surface area contributed by atoms with Crippen LogP contribution in [0.1, 0.15) is 15.9 Å². The van der Waals surface area contributed by atoms with E-state index in [2.05, 4.69) is 10.3 Å². The van der Waals surface area contributed by atoms with E-state index in [1.165, 1.54) is 46.7 Å². The Kier molecular flexibility index (Phi) is 7.34. The first-order valence-corrected chi connectivity index (χ1v) is 11.4. The highest BCUT2D eigenvalue weighted by Crippen LogP contribution is 2.25. The van der Waals surface area contributed by atoms with E-state index in [0.29, 0.717) is 46.2 Å². The van der Waals surface area contributed by atoms with Crippen LogP contribution >= 0.6 is 11.8 Å². The van der Waals surface area contributed by atoms with Crippen LogP contribution in [0.4, 0.5) is 8.78 Å². The van der Waals surface area contributed by atoms with Gasteiger partial charge in [-0.25, -0.2) is 13.8 Å². The predicted molar refractivity (Wildman–Crippen MR) is 127 cm³/mol. The molecule has 0 aliphatic heterocycles. The first kappa shape index (κ1) is 23.6. The number of thioether (sulfide) groups is 1. The third kappa shape index (κ3) is 5.32. The zero-order chi connectivity index (χ0) is 24.1. The molecule has 0 unspecified atom stereocenters. The number of methoxy groups -OCH3 is 1. The Morgan fingerprint density at radius 1 is 1.06 bits per heavy atom. The number of rotatable bonds is 8. The molecule has 174 valence electrons. The van der Waals surface area contributed by atoms with Crippen LogP contribution in [0.5, 0.6) is 0 Å². The molecule has 0 spiro atoms. The maximum atomic E-state index is 14.0. The molecular weight excluding hydrogens is 460 g/mol. The molecule has 4 aromatic rings. The second-order valence-electron chi connectivity index (χ2n) is 7.41. The molecule has 34 heavy (non-hydrogen) atoms. The lowest BCUT2D eigenvalue weighted by atomic mass is 10.1. The lowest BCUT2D eigenvalue weighted by Crippen LogP contribution is -2.27. The molecule has 0 fully saturated rings. The molecule has 0 aliphatic carbocycles. The summed E-state index contributed by atoms with van der Waals surface area (Å²) in [5, 5.41) is 3.35. The Morgan fingerprint density at radius 2 is 1.85 bits per heavy atom. The highest BCUT2D eigenvalue weighted by atomic mass is 32.2. The predicted octanol–water partition coefficient (Wildman–Crippen LogP) is 4.33. The fraction of sp³-hybridized carbons (Fsp3) is 0.160. The number of hydrogen-bond donors (Lipinski definition) is 1. The standard InChI is InChI=1S/C25H21F2N3O3S/c1-33-12-11-28-23(31)17-7-10-21-22(13-17)29-25(34-15-16-5-8-18(26)9-6-16)30(24(21)32)20-4-2-3-19(27)14-20/h2-10,13-14H,11-12,15H2,1H3,(H,28,31). The molecule has 0 radical (unpaired) electrons. The number of aromatic nitrogens is 2. The molecule has 1 N–H and O–H groups in total. The summed E-state index contributed by atoms with van der Waals surface area (Å²) in [4.78, 5) is 30.5. The van der Waals surface area contributed by atoms with Crippen LogP contribution in [0, 0.1) is 11.6 Å². The minimum Gasteiger partial charge on any atom is -0.383 e. The molecule has 1 amide bonds. The number of hydrogen-bond acceptors (Lipinski definition) is 5. The number of carbonyl (C=O) groups excluding carboxylic acids is 1. The van der Waals surface area contributed by atoms with Crippen molar-refractivity contribution in [2.24, 2.45) is 0 Å². The fourth-order valence-corrected chi connectivity index (χ4v) is 4.31. The molecule has 4 rings (SSSR count). The van der Waals surface area contributed by atoms with E-state index in [0.717, 1.165) is 5.56 Å². The zero-order valence-corrected chi connectivity index (χ0v) is 19.1. The Hall–Kier alpha value is -3.56. The highest BCUT2D eigenvalue weighted by molar-refractivity contribution is 7.98. The van der Waals surface area contributed by atoms with Crippen molar-refractivity contribution < 1.29 is 18.3 Å². The molecule has 0 aliphatic rings. The van der Waals surface area contributed by atoms with Gasteiger partial charge in [-0.1, -0.05) is 30.0 Å². The number of carbonyl (C=O) groups is 1. The molecule has 9 heteroatoms. The Bertz CT molecular complexity index is 1390. The molecular formula is C25H21F2N3O3S. The molecule has 0 atom stereocenters. The summed E-state index contributed by atoms with van der Waals surface area (Å²) < 4.78 is 33.5. The van der Waals surface area contributed by atoms with Crippen LogP contribution in [0.25, 0.3) is 16.6 Å². The normalized spacial score (nSPS) is 11.0. The van der Waals surface area contributed by atoms with Crippen LogP contribution in [0.2, 0.25) is 0 Å². The summed E-state index contributed by atoms with van der Waals surface area (Å²) in [6.45, 7) is 0.723. The van der Waals surface area contributed by atoms with Crippen LogP contribution < -0.4 is 10.9 Å². The second kappa shape index (κ2) is 10.6. The number of ether oxygens (including phenoxy) is 1. The van der Waals surface area contributed by atoms with Crippen molar-refractivity contribution in [3.8, 4) is 5.69 Å². The Labute approximate surface area is 198 Å². The van der Waals surface area contributed by atoms with Gasteiger partial charge < -0.3 is 10.1 Å². The van der Waals surface area contributed by atoms with Crippen LogP contribution in [0.3, 0.4) is 0 Å². The van der Waals surface area contributed by atoms with E-state index >= 15 is 0 Å². The van der Waals surface area contributed by atoms with Crippen LogP contribution in [-0.4, -0.2) is 35.7 Å². The smallest absolute Gasteiger partial charge is 0.266 e. The molecule has 1 heterocycles. The van der Waals surface area contributed by atoms with E-state index < -0.39 is 5.82 Å². The van der Waals surface area contributed by atoms with Crippen molar-refractivity contribution in [2.45, 2.75) is 10.9 Å². The van der Waals surface area contributed by atoms with Gasteiger partial charge in [-0.3, -0.25) is 14.2 Å². The summed E-state index contributed by atoms with van der Waals surface area (Å²) in [6.07, 6.45) is 0. The number of benzene rings is 3. The van der Waals surface area contributed by atoms with Crippen molar-refractivity contribution in [2.75, 3.05) is 20.3 Å². The first-order valence-electron chi connectivity index (χ1n) is 10.4. The minimum atomic E-state index is -0.484. The van der Waals surface area contributed by atoms with Crippen molar-refractivity contribution in [3.05, 3.63) is 99.8 Å². The number of fused-ring (bicyclic) bond motifs is 1. The van der Waals surface area contributed by atoms with Crippen LogP contribution in [-0.2, 0) is 10.5 Å². The van der Waals surface area contributed by atoms with E-state index in [1.807, 2.05) is 0 Å². The molecule has 0 saturated heterocycles. The number of nitrogens with one attached hydrogen (secondary N) is 1. The van der Waals surface area contributed by atoms with E-state index in [9.17, 15) is 18.4 Å². The SMILES string of the molecule is COCCNC(=O)c1ccc2c(=O)n(-c3cccc(F)c3)c(SCc3ccc(F)cc3)nc2c1. The van der Waals surface area contributed by atoms with Gasteiger partial charge in [0.15, 0.2) is 5.16 Å². The van der Waals surface area contributed by atoms with Gasteiger partial charge in [-0.2, -0.15) is 0 Å². The Morgan fingerprint density at radius 3 is 2.59 bits per heavy atom.